The maximum atomic E-state index is 12.7. The van der Waals surface area contributed by atoms with Gasteiger partial charge in [0, 0.05) is 13.0 Å². The maximum Gasteiger partial charge on any atom is 0.309 e. The minimum Gasteiger partial charge on any atom is -0.461 e. The predicted molar refractivity (Wildman–Crippen MR) is 233 cm³/mol. The smallest absolute Gasteiger partial charge is 0.309 e. The molecule has 1 atom stereocenters. The molecule has 0 aliphatic carbocycles. The summed E-state index contributed by atoms with van der Waals surface area (Å²) in [7, 11) is 0. The van der Waals surface area contributed by atoms with E-state index in [0.29, 0.717) is 13.0 Å². The van der Waals surface area contributed by atoms with E-state index >= 15 is 0 Å². The van der Waals surface area contributed by atoms with Crippen molar-refractivity contribution in [2.45, 2.75) is 194 Å². The van der Waals surface area contributed by atoms with Crippen molar-refractivity contribution < 1.29 is 23.8 Å². The molecular formula is C49H82O5. The summed E-state index contributed by atoms with van der Waals surface area (Å²) < 4.78 is 17.1. The fourth-order valence-electron chi connectivity index (χ4n) is 5.67. The third kappa shape index (κ3) is 41.8. The lowest BCUT2D eigenvalue weighted by Crippen LogP contribution is -2.30. The predicted octanol–water partition coefficient (Wildman–Crippen LogP) is 14.6. The lowest BCUT2D eigenvalue weighted by molar-refractivity contribution is -0.162. The molecule has 0 bridgehead atoms. The van der Waals surface area contributed by atoms with Gasteiger partial charge in [0.2, 0.25) is 0 Å². The Morgan fingerprint density at radius 1 is 0.444 bits per heavy atom. The number of carbonyl (C=O) groups is 2. The van der Waals surface area contributed by atoms with Crippen LogP contribution in [-0.2, 0) is 23.8 Å². The standard InChI is InChI=1S/C49H82O5/c1-4-7-10-13-16-19-21-23-25-27-29-31-33-36-39-42-48(50)53-46-47(45-52-44-41-38-35-18-15-12-9-6-3)54-49(51)43-40-37-34-32-30-28-26-24-22-20-17-14-11-8-5-2/h7,10,16-17,19-20,23-26,29,31,36,39,47H,4-6,8-9,11-15,18,21-22,27-28,30,32-35,37-38,40-46H2,1-3H3/b10-7-,19-16-,20-17-,25-23-,26-24-,31-29-,39-36-. The molecule has 0 aromatic rings. The van der Waals surface area contributed by atoms with Gasteiger partial charge in [-0.25, -0.2) is 0 Å². The van der Waals surface area contributed by atoms with Crippen molar-refractivity contribution in [3.63, 3.8) is 0 Å². The molecule has 0 saturated heterocycles. The van der Waals surface area contributed by atoms with Crippen LogP contribution in [0.5, 0.6) is 0 Å². The second-order valence-corrected chi connectivity index (χ2v) is 14.2. The Morgan fingerprint density at radius 3 is 1.46 bits per heavy atom. The fourth-order valence-corrected chi connectivity index (χ4v) is 5.67. The SMILES string of the molecule is CC/C=C\C/C=C\C/C=C\C/C=C\C/C=C\CC(=O)OCC(COCCCCCCCCCC)OC(=O)CCCCCCC/C=C\C/C=C\CCCCC. The molecule has 0 aliphatic heterocycles. The molecule has 0 aliphatic rings. The summed E-state index contributed by atoms with van der Waals surface area (Å²) in [6.45, 7) is 7.53. The van der Waals surface area contributed by atoms with Crippen LogP contribution in [0.1, 0.15) is 188 Å². The minimum absolute atomic E-state index is 0.0227. The molecule has 0 heterocycles. The van der Waals surface area contributed by atoms with Crippen LogP contribution in [0, 0.1) is 0 Å². The van der Waals surface area contributed by atoms with Crippen LogP contribution in [0.25, 0.3) is 0 Å². The first kappa shape index (κ1) is 51.1. The van der Waals surface area contributed by atoms with Gasteiger partial charge in [0.25, 0.3) is 0 Å². The Hall–Kier alpha value is -2.92. The van der Waals surface area contributed by atoms with Crippen LogP contribution >= 0.6 is 0 Å². The van der Waals surface area contributed by atoms with Gasteiger partial charge in [-0.1, -0.05) is 183 Å². The zero-order valence-electron chi connectivity index (χ0n) is 35.2. The van der Waals surface area contributed by atoms with Crippen LogP contribution in [-0.4, -0.2) is 37.9 Å². The largest absolute Gasteiger partial charge is 0.461 e. The van der Waals surface area contributed by atoms with Gasteiger partial charge in [-0.2, -0.15) is 0 Å². The topological polar surface area (TPSA) is 61.8 Å². The van der Waals surface area contributed by atoms with Gasteiger partial charge in [-0.3, -0.25) is 9.59 Å². The Labute approximate surface area is 333 Å². The van der Waals surface area contributed by atoms with Crippen molar-refractivity contribution in [2.24, 2.45) is 0 Å². The molecule has 0 aromatic heterocycles. The molecule has 54 heavy (non-hydrogen) atoms. The molecule has 0 aromatic carbocycles. The lowest BCUT2D eigenvalue weighted by atomic mass is 10.1. The van der Waals surface area contributed by atoms with E-state index in [1.165, 1.54) is 77.0 Å². The van der Waals surface area contributed by atoms with Crippen LogP contribution in [0.4, 0.5) is 0 Å². The number of rotatable bonds is 39. The van der Waals surface area contributed by atoms with E-state index in [1.807, 2.05) is 12.2 Å². The summed E-state index contributed by atoms with van der Waals surface area (Å²) in [5.41, 5.74) is 0. The number of unbranched alkanes of at least 4 members (excludes halogenated alkanes) is 15. The highest BCUT2D eigenvalue weighted by atomic mass is 16.6. The zero-order chi connectivity index (χ0) is 39.3. The van der Waals surface area contributed by atoms with E-state index < -0.39 is 6.10 Å². The maximum absolute atomic E-state index is 12.7. The van der Waals surface area contributed by atoms with Crippen LogP contribution in [0.2, 0.25) is 0 Å². The van der Waals surface area contributed by atoms with Gasteiger partial charge in [-0.15, -0.1) is 0 Å². The van der Waals surface area contributed by atoms with Gasteiger partial charge in [0.05, 0.1) is 13.0 Å². The lowest BCUT2D eigenvalue weighted by Gasteiger charge is -2.18. The number of hydrogen-bond donors (Lipinski definition) is 0. The number of ether oxygens (including phenoxy) is 3. The van der Waals surface area contributed by atoms with E-state index in [9.17, 15) is 9.59 Å². The average Bonchev–Trinajstić information content (AvgIpc) is 3.17. The summed E-state index contributed by atoms with van der Waals surface area (Å²) in [5, 5.41) is 0. The fraction of sp³-hybridized carbons (Fsp3) is 0.673. The molecule has 1 unspecified atom stereocenters. The van der Waals surface area contributed by atoms with Crippen LogP contribution in [0.15, 0.2) is 85.1 Å². The third-order valence-electron chi connectivity index (χ3n) is 8.95. The molecule has 0 amide bonds. The molecular weight excluding hydrogens is 669 g/mol. The van der Waals surface area contributed by atoms with E-state index in [-0.39, 0.29) is 31.6 Å². The van der Waals surface area contributed by atoms with Gasteiger partial charge >= 0.3 is 11.9 Å². The van der Waals surface area contributed by atoms with Gasteiger partial charge < -0.3 is 14.2 Å². The van der Waals surface area contributed by atoms with Gasteiger partial charge in [0.1, 0.15) is 6.61 Å². The Kier molecular flexibility index (Phi) is 42.1. The number of hydrogen-bond acceptors (Lipinski definition) is 5. The van der Waals surface area contributed by atoms with E-state index in [4.69, 9.17) is 14.2 Å². The second-order valence-electron chi connectivity index (χ2n) is 14.2. The molecule has 0 saturated carbocycles. The molecule has 0 fully saturated rings. The number of carbonyl (C=O) groups excluding carboxylic acids is 2. The highest BCUT2D eigenvalue weighted by Crippen LogP contribution is 2.11. The van der Waals surface area contributed by atoms with E-state index in [0.717, 1.165) is 77.0 Å². The first-order chi connectivity index (χ1) is 26.6. The van der Waals surface area contributed by atoms with Crippen molar-refractivity contribution in [3.05, 3.63) is 85.1 Å². The van der Waals surface area contributed by atoms with E-state index in [2.05, 4.69) is 93.7 Å². The molecule has 0 radical (unpaired) electrons. The van der Waals surface area contributed by atoms with Crippen molar-refractivity contribution in [1.82, 2.24) is 0 Å². The molecule has 5 heteroatoms. The monoisotopic (exact) mass is 751 g/mol. The van der Waals surface area contributed by atoms with Crippen molar-refractivity contribution in [3.8, 4) is 0 Å². The zero-order valence-corrected chi connectivity index (χ0v) is 35.2. The van der Waals surface area contributed by atoms with Crippen molar-refractivity contribution in [2.75, 3.05) is 19.8 Å². The summed E-state index contributed by atoms with van der Waals surface area (Å²) >= 11 is 0. The summed E-state index contributed by atoms with van der Waals surface area (Å²) in [4.78, 5) is 25.1. The van der Waals surface area contributed by atoms with Crippen molar-refractivity contribution >= 4 is 11.9 Å². The molecule has 0 spiro atoms. The second kappa shape index (κ2) is 44.5. The summed E-state index contributed by atoms with van der Waals surface area (Å²) in [5.74, 6) is -0.565. The highest BCUT2D eigenvalue weighted by Gasteiger charge is 2.17. The summed E-state index contributed by atoms with van der Waals surface area (Å²) in [6.07, 6.45) is 57.4. The van der Waals surface area contributed by atoms with Gasteiger partial charge in [-0.05, 0) is 77.0 Å². The average molecular weight is 751 g/mol. The van der Waals surface area contributed by atoms with Crippen LogP contribution < -0.4 is 0 Å². The number of esters is 2. The molecule has 5 nitrogen and oxygen atoms in total. The van der Waals surface area contributed by atoms with Crippen molar-refractivity contribution in [1.29, 1.82) is 0 Å². The molecule has 0 N–H and O–H groups in total. The van der Waals surface area contributed by atoms with E-state index in [1.54, 1.807) is 0 Å². The van der Waals surface area contributed by atoms with Crippen LogP contribution in [0.3, 0.4) is 0 Å². The first-order valence-corrected chi connectivity index (χ1v) is 22.1. The first-order valence-electron chi connectivity index (χ1n) is 22.1. The number of allylic oxidation sites excluding steroid dienone is 13. The summed E-state index contributed by atoms with van der Waals surface area (Å²) in [6, 6.07) is 0. The minimum atomic E-state index is -0.582. The van der Waals surface area contributed by atoms with Gasteiger partial charge in [0.15, 0.2) is 6.10 Å². The highest BCUT2D eigenvalue weighted by molar-refractivity contribution is 5.71. The quantitative estimate of drug-likeness (QED) is 0.0356. The normalized spacial score (nSPS) is 13.0. The Bertz CT molecular complexity index is 1030. The molecule has 0 rings (SSSR count). The molecule has 308 valence electrons. The third-order valence-corrected chi connectivity index (χ3v) is 8.95. The Balaban J connectivity index is 4.38. The Morgan fingerprint density at radius 2 is 0.889 bits per heavy atom.